The Morgan fingerprint density at radius 3 is 2.43 bits per heavy atom. The van der Waals surface area contributed by atoms with Crippen molar-refractivity contribution >= 4 is 12.6 Å². The highest BCUT2D eigenvalue weighted by Gasteiger charge is 1.94. The van der Waals surface area contributed by atoms with E-state index in [1.54, 1.807) is 0 Å². The minimum absolute atomic E-state index is 0.134. The lowest BCUT2D eigenvalue weighted by Crippen LogP contribution is -2.13. The van der Waals surface area contributed by atoms with Crippen LogP contribution in [0.1, 0.15) is 13.3 Å². The van der Waals surface area contributed by atoms with Crippen LogP contribution in [0.4, 0.5) is 0 Å². The largest absolute Gasteiger partial charge is 0.316 e. The van der Waals surface area contributed by atoms with Crippen LogP contribution in [0, 0.1) is 0 Å². The third-order valence-electron chi connectivity index (χ3n) is 0.872. The summed E-state index contributed by atoms with van der Waals surface area (Å²) in [6, 6.07) is 0. The van der Waals surface area contributed by atoms with E-state index in [2.05, 4.69) is 19.2 Å². The molecule has 1 nitrogen and oxygen atoms in total. The van der Waals surface area contributed by atoms with Crippen LogP contribution in [0.5, 0.6) is 0 Å². The molecule has 42 valence electrons. The lowest BCUT2D eigenvalue weighted by Gasteiger charge is -2.02. The minimum Gasteiger partial charge on any atom is -0.316 e. The summed E-state index contributed by atoms with van der Waals surface area (Å²) in [5.74, 6) is 0. The standard InChI is InChI=1S/C5H11NS/c1-3-4(2)5(6)7/h5,7H,2-3,6H2,1H3. The zero-order chi connectivity index (χ0) is 5.86. The molecule has 0 amide bonds. The fraction of sp³-hybridized carbons (Fsp3) is 0.600. The normalized spacial score (nSPS) is 13.6. The fourth-order valence-electron chi connectivity index (χ4n) is 0.209. The van der Waals surface area contributed by atoms with E-state index in [1.807, 2.05) is 6.92 Å². The van der Waals surface area contributed by atoms with Crippen LogP contribution < -0.4 is 5.73 Å². The molecule has 0 aliphatic rings. The number of hydrogen-bond donors (Lipinski definition) is 2. The van der Waals surface area contributed by atoms with Crippen molar-refractivity contribution in [2.45, 2.75) is 18.7 Å². The van der Waals surface area contributed by atoms with Crippen molar-refractivity contribution in [1.29, 1.82) is 0 Å². The van der Waals surface area contributed by atoms with Gasteiger partial charge in [-0.05, 0) is 6.42 Å². The second-order valence-electron chi connectivity index (χ2n) is 1.46. The van der Waals surface area contributed by atoms with Gasteiger partial charge in [0.25, 0.3) is 0 Å². The Morgan fingerprint density at radius 1 is 2.00 bits per heavy atom. The van der Waals surface area contributed by atoms with Crippen LogP contribution in [0.15, 0.2) is 12.2 Å². The summed E-state index contributed by atoms with van der Waals surface area (Å²) in [7, 11) is 0. The zero-order valence-electron chi connectivity index (χ0n) is 4.52. The molecule has 0 aliphatic heterocycles. The van der Waals surface area contributed by atoms with Gasteiger partial charge >= 0.3 is 0 Å². The third-order valence-corrected chi connectivity index (χ3v) is 1.24. The average Bonchev–Trinajstić information content (AvgIpc) is 1.65. The second-order valence-corrected chi connectivity index (χ2v) is 2.01. The van der Waals surface area contributed by atoms with Gasteiger partial charge in [-0.2, -0.15) is 12.6 Å². The van der Waals surface area contributed by atoms with Gasteiger partial charge in [0.15, 0.2) is 0 Å². The molecule has 1 atom stereocenters. The Bertz CT molecular complexity index is 68.5. The Balaban J connectivity index is 3.35. The van der Waals surface area contributed by atoms with E-state index in [0.29, 0.717) is 0 Å². The fourth-order valence-corrected chi connectivity index (χ4v) is 0.392. The van der Waals surface area contributed by atoms with Gasteiger partial charge in [0.1, 0.15) is 0 Å². The summed E-state index contributed by atoms with van der Waals surface area (Å²) < 4.78 is 0. The smallest absolute Gasteiger partial charge is 0.0691 e. The van der Waals surface area contributed by atoms with Crippen LogP contribution >= 0.6 is 12.6 Å². The average molecular weight is 117 g/mol. The van der Waals surface area contributed by atoms with Crippen LogP contribution in [-0.4, -0.2) is 5.37 Å². The van der Waals surface area contributed by atoms with Crippen molar-refractivity contribution in [3.05, 3.63) is 12.2 Å². The zero-order valence-corrected chi connectivity index (χ0v) is 5.41. The summed E-state index contributed by atoms with van der Waals surface area (Å²) in [4.78, 5) is 0. The molecular weight excluding hydrogens is 106 g/mol. The van der Waals surface area contributed by atoms with Crippen molar-refractivity contribution in [3.8, 4) is 0 Å². The van der Waals surface area contributed by atoms with E-state index in [4.69, 9.17) is 5.73 Å². The first kappa shape index (κ1) is 7.05. The molecule has 7 heavy (non-hydrogen) atoms. The van der Waals surface area contributed by atoms with E-state index in [-0.39, 0.29) is 5.37 Å². The van der Waals surface area contributed by atoms with E-state index in [9.17, 15) is 0 Å². The number of thiol groups is 1. The van der Waals surface area contributed by atoms with Crippen molar-refractivity contribution in [1.82, 2.24) is 0 Å². The maximum Gasteiger partial charge on any atom is 0.0691 e. The lowest BCUT2D eigenvalue weighted by atomic mass is 10.2. The topological polar surface area (TPSA) is 26.0 Å². The van der Waals surface area contributed by atoms with Crippen molar-refractivity contribution in [2.24, 2.45) is 5.73 Å². The van der Waals surface area contributed by atoms with E-state index < -0.39 is 0 Å². The number of hydrogen-bond acceptors (Lipinski definition) is 2. The summed E-state index contributed by atoms with van der Waals surface area (Å²) in [6.45, 7) is 5.68. The molecule has 0 saturated heterocycles. The molecule has 0 aromatic heterocycles. The Kier molecular flexibility index (Phi) is 3.13. The monoisotopic (exact) mass is 117 g/mol. The number of nitrogens with two attached hydrogens (primary N) is 1. The van der Waals surface area contributed by atoms with Gasteiger partial charge in [-0.15, -0.1) is 0 Å². The molecule has 0 spiro atoms. The van der Waals surface area contributed by atoms with E-state index in [0.717, 1.165) is 12.0 Å². The van der Waals surface area contributed by atoms with Crippen molar-refractivity contribution < 1.29 is 0 Å². The molecule has 2 heteroatoms. The van der Waals surface area contributed by atoms with Gasteiger partial charge < -0.3 is 5.73 Å². The quantitative estimate of drug-likeness (QED) is 0.317. The van der Waals surface area contributed by atoms with Gasteiger partial charge in [0.05, 0.1) is 5.37 Å². The van der Waals surface area contributed by atoms with Crippen LogP contribution in [0.25, 0.3) is 0 Å². The lowest BCUT2D eigenvalue weighted by molar-refractivity contribution is 0.974. The predicted molar refractivity (Wildman–Crippen MR) is 36.4 cm³/mol. The van der Waals surface area contributed by atoms with Gasteiger partial charge in [0.2, 0.25) is 0 Å². The molecule has 0 heterocycles. The van der Waals surface area contributed by atoms with Crippen LogP contribution in [-0.2, 0) is 0 Å². The maximum absolute atomic E-state index is 5.31. The number of rotatable bonds is 2. The first-order chi connectivity index (χ1) is 3.18. The first-order valence-corrected chi connectivity index (χ1v) is 2.81. The van der Waals surface area contributed by atoms with Gasteiger partial charge in [-0.25, -0.2) is 0 Å². The molecule has 0 rings (SSSR count). The summed E-state index contributed by atoms with van der Waals surface area (Å²) >= 11 is 3.95. The maximum atomic E-state index is 5.31. The van der Waals surface area contributed by atoms with Crippen molar-refractivity contribution in [2.75, 3.05) is 0 Å². The van der Waals surface area contributed by atoms with Crippen molar-refractivity contribution in [3.63, 3.8) is 0 Å². The molecule has 0 aromatic carbocycles. The molecule has 0 fully saturated rings. The molecule has 0 bridgehead atoms. The van der Waals surface area contributed by atoms with Gasteiger partial charge in [-0.1, -0.05) is 19.1 Å². The molecule has 2 N–H and O–H groups in total. The molecule has 0 saturated carbocycles. The van der Waals surface area contributed by atoms with Crippen LogP contribution in [0.2, 0.25) is 0 Å². The second kappa shape index (κ2) is 3.10. The van der Waals surface area contributed by atoms with Crippen LogP contribution in [0.3, 0.4) is 0 Å². The van der Waals surface area contributed by atoms with Gasteiger partial charge in [0, 0.05) is 0 Å². The first-order valence-electron chi connectivity index (χ1n) is 2.29. The van der Waals surface area contributed by atoms with E-state index in [1.165, 1.54) is 0 Å². The minimum atomic E-state index is -0.134. The summed E-state index contributed by atoms with van der Waals surface area (Å²) in [6.07, 6.45) is 0.921. The van der Waals surface area contributed by atoms with Gasteiger partial charge in [-0.3, -0.25) is 0 Å². The molecule has 1 unspecified atom stereocenters. The Morgan fingerprint density at radius 2 is 2.43 bits per heavy atom. The van der Waals surface area contributed by atoms with E-state index >= 15 is 0 Å². The highest BCUT2D eigenvalue weighted by Crippen LogP contribution is 2.02. The highest BCUT2D eigenvalue weighted by molar-refractivity contribution is 7.81. The predicted octanol–water partition coefficient (Wildman–Crippen LogP) is 1.17. The Labute approximate surface area is 50.0 Å². The summed E-state index contributed by atoms with van der Waals surface area (Å²) in [5.41, 5.74) is 6.30. The molecule has 0 aromatic rings. The highest BCUT2D eigenvalue weighted by atomic mass is 32.1. The Hall–Kier alpha value is 0.0500. The SMILES string of the molecule is C=C(CC)C(N)S. The third kappa shape index (κ3) is 2.71. The molecular formula is C5H11NS. The molecule has 0 radical (unpaired) electrons. The molecule has 0 aliphatic carbocycles. The summed E-state index contributed by atoms with van der Waals surface area (Å²) in [5, 5.41) is -0.134.